The molecule has 1 aliphatic heterocycles. The molecule has 1 aliphatic rings. The van der Waals surface area contributed by atoms with Crippen molar-refractivity contribution in [3.05, 3.63) is 35.1 Å². The van der Waals surface area contributed by atoms with E-state index in [9.17, 15) is 17.6 Å². The first-order valence-electron chi connectivity index (χ1n) is 6.85. The summed E-state index contributed by atoms with van der Waals surface area (Å²) in [5.74, 6) is -1.27. The summed E-state index contributed by atoms with van der Waals surface area (Å²) < 4.78 is 51.5. The summed E-state index contributed by atoms with van der Waals surface area (Å²) in [5, 5.41) is 12.3. The summed E-state index contributed by atoms with van der Waals surface area (Å²) in [6.07, 6.45) is -4.32. The van der Waals surface area contributed by atoms with Gasteiger partial charge in [-0.25, -0.2) is 4.39 Å². The lowest BCUT2D eigenvalue weighted by molar-refractivity contribution is -0.140. The van der Waals surface area contributed by atoms with Crippen LogP contribution in [0.1, 0.15) is 23.6 Å². The second-order valence-corrected chi connectivity index (χ2v) is 5.05. The van der Waals surface area contributed by atoms with E-state index in [1.165, 1.54) is 6.07 Å². The monoisotopic (exact) mass is 306 g/mol. The van der Waals surface area contributed by atoms with Crippen molar-refractivity contribution in [2.24, 2.45) is 0 Å². The third kappa shape index (κ3) is 3.93. The molecule has 1 aromatic carbocycles. The number of rotatable bonds is 4. The van der Waals surface area contributed by atoms with Crippen LogP contribution in [0.15, 0.2) is 18.2 Å². The molecule has 0 unspecified atom stereocenters. The molecule has 2 rings (SSSR count). The zero-order chi connectivity index (χ0) is 15.5. The van der Waals surface area contributed by atoms with Gasteiger partial charge in [-0.2, -0.15) is 13.2 Å². The fraction of sp³-hybridized carbons (Fsp3) is 0.571. The number of nitrogens with zero attached hydrogens (tertiary/aromatic N) is 1. The lowest BCUT2D eigenvalue weighted by Crippen LogP contribution is -2.45. The second-order valence-electron chi connectivity index (χ2n) is 5.05. The largest absolute Gasteiger partial charge is 0.419 e. The number of hydrogen-bond donors (Lipinski definition) is 2. The third-order valence-corrected chi connectivity index (χ3v) is 3.68. The molecule has 1 aromatic rings. The molecule has 0 amide bonds. The Hall–Kier alpha value is -1.18. The Morgan fingerprint density at radius 3 is 2.43 bits per heavy atom. The van der Waals surface area contributed by atoms with Crippen LogP contribution in [0, 0.1) is 5.82 Å². The molecule has 7 heteroatoms. The number of aliphatic hydroxyl groups excluding tert-OH is 1. The van der Waals surface area contributed by atoms with Gasteiger partial charge in [-0.1, -0.05) is 6.07 Å². The van der Waals surface area contributed by atoms with Crippen LogP contribution in [-0.4, -0.2) is 42.8 Å². The third-order valence-electron chi connectivity index (χ3n) is 3.68. The van der Waals surface area contributed by atoms with Crippen molar-refractivity contribution in [1.82, 2.24) is 10.2 Å². The average molecular weight is 306 g/mol. The van der Waals surface area contributed by atoms with Crippen molar-refractivity contribution in [3.8, 4) is 0 Å². The van der Waals surface area contributed by atoms with E-state index in [2.05, 4.69) is 10.2 Å². The lowest BCUT2D eigenvalue weighted by atomic mass is 9.99. The molecule has 1 heterocycles. The minimum absolute atomic E-state index is 0.1000. The number of aliphatic hydroxyl groups is 1. The van der Waals surface area contributed by atoms with E-state index in [-0.39, 0.29) is 12.6 Å². The first kappa shape index (κ1) is 16.2. The molecular formula is C14H18F4N2O. The van der Waals surface area contributed by atoms with Crippen molar-refractivity contribution < 1.29 is 22.7 Å². The Morgan fingerprint density at radius 2 is 1.90 bits per heavy atom. The van der Waals surface area contributed by atoms with E-state index in [4.69, 9.17) is 5.11 Å². The van der Waals surface area contributed by atoms with E-state index >= 15 is 0 Å². The quantitative estimate of drug-likeness (QED) is 0.837. The van der Waals surface area contributed by atoms with Gasteiger partial charge in [-0.3, -0.25) is 4.90 Å². The normalized spacial score (nSPS) is 18.7. The van der Waals surface area contributed by atoms with E-state index in [0.717, 1.165) is 25.2 Å². The zero-order valence-corrected chi connectivity index (χ0v) is 11.5. The van der Waals surface area contributed by atoms with Gasteiger partial charge < -0.3 is 10.4 Å². The molecule has 0 spiro atoms. The van der Waals surface area contributed by atoms with Crippen LogP contribution in [-0.2, 0) is 6.18 Å². The zero-order valence-electron chi connectivity index (χ0n) is 11.5. The Labute approximate surface area is 120 Å². The maximum Gasteiger partial charge on any atom is 0.419 e. The fourth-order valence-electron chi connectivity index (χ4n) is 2.64. The summed E-state index contributed by atoms with van der Waals surface area (Å²) in [7, 11) is 0. The maximum absolute atomic E-state index is 13.7. The predicted molar refractivity (Wildman–Crippen MR) is 70.3 cm³/mol. The van der Waals surface area contributed by atoms with Crippen LogP contribution in [0.4, 0.5) is 17.6 Å². The van der Waals surface area contributed by atoms with Crippen LogP contribution in [0.25, 0.3) is 0 Å². The molecule has 0 radical (unpaired) electrons. The molecule has 3 nitrogen and oxygen atoms in total. The molecule has 2 N–H and O–H groups in total. The van der Waals surface area contributed by atoms with E-state index in [1.54, 1.807) is 0 Å². The van der Waals surface area contributed by atoms with Gasteiger partial charge in [0.25, 0.3) is 0 Å². The predicted octanol–water partition coefficient (Wildman–Crippen LogP) is 2.17. The summed E-state index contributed by atoms with van der Waals surface area (Å²) in [6, 6.07) is 2.74. The number of nitrogens with one attached hydrogen (secondary N) is 1. The topological polar surface area (TPSA) is 35.5 Å². The van der Waals surface area contributed by atoms with Gasteiger partial charge in [0.05, 0.1) is 5.56 Å². The van der Waals surface area contributed by atoms with E-state index in [1.807, 2.05) is 0 Å². The van der Waals surface area contributed by atoms with Crippen LogP contribution in [0.5, 0.6) is 0 Å². The average Bonchev–Trinajstić information content (AvgIpc) is 2.44. The molecule has 1 saturated heterocycles. The van der Waals surface area contributed by atoms with Gasteiger partial charge in [-0.05, 0) is 24.1 Å². The van der Waals surface area contributed by atoms with Crippen molar-refractivity contribution in [3.63, 3.8) is 0 Å². The standard InChI is InChI=1S/C14H18F4N2O/c15-12-9-10(1-2-11(12)14(16,17)18)13(3-8-21)20-6-4-19-5-7-20/h1-2,9,13,19,21H,3-8H2/t13-/m1/s1. The Morgan fingerprint density at radius 1 is 1.24 bits per heavy atom. The highest BCUT2D eigenvalue weighted by molar-refractivity contribution is 5.28. The molecule has 118 valence electrons. The Bertz CT molecular complexity index is 473. The summed E-state index contributed by atoms with van der Waals surface area (Å²) in [6.45, 7) is 2.87. The summed E-state index contributed by atoms with van der Waals surface area (Å²) in [4.78, 5) is 2.05. The molecule has 21 heavy (non-hydrogen) atoms. The number of hydrogen-bond acceptors (Lipinski definition) is 3. The van der Waals surface area contributed by atoms with Crippen LogP contribution in [0.2, 0.25) is 0 Å². The van der Waals surface area contributed by atoms with Crippen molar-refractivity contribution in [1.29, 1.82) is 0 Å². The van der Waals surface area contributed by atoms with Crippen LogP contribution < -0.4 is 5.32 Å². The van der Waals surface area contributed by atoms with Crippen molar-refractivity contribution >= 4 is 0 Å². The first-order chi connectivity index (χ1) is 9.93. The SMILES string of the molecule is OCC[C@H](c1ccc(C(F)(F)F)c(F)c1)N1CCNCC1. The van der Waals surface area contributed by atoms with Gasteiger partial charge in [-0.15, -0.1) is 0 Å². The summed E-state index contributed by atoms with van der Waals surface area (Å²) in [5.41, 5.74) is -0.786. The van der Waals surface area contributed by atoms with Crippen LogP contribution >= 0.6 is 0 Å². The Balaban J connectivity index is 2.26. The first-order valence-corrected chi connectivity index (χ1v) is 6.85. The number of halogens is 4. The number of alkyl halides is 3. The number of benzene rings is 1. The highest BCUT2D eigenvalue weighted by atomic mass is 19.4. The second kappa shape index (κ2) is 6.72. The maximum atomic E-state index is 13.7. The molecule has 1 atom stereocenters. The van der Waals surface area contributed by atoms with Gasteiger partial charge in [0.2, 0.25) is 0 Å². The Kier molecular flexibility index (Phi) is 5.18. The van der Waals surface area contributed by atoms with Crippen LogP contribution in [0.3, 0.4) is 0 Å². The fourth-order valence-corrected chi connectivity index (χ4v) is 2.64. The van der Waals surface area contributed by atoms with Crippen molar-refractivity contribution in [2.45, 2.75) is 18.6 Å². The van der Waals surface area contributed by atoms with E-state index < -0.39 is 17.6 Å². The summed E-state index contributed by atoms with van der Waals surface area (Å²) >= 11 is 0. The van der Waals surface area contributed by atoms with Gasteiger partial charge >= 0.3 is 6.18 Å². The molecular weight excluding hydrogens is 288 g/mol. The molecule has 0 aliphatic carbocycles. The van der Waals surface area contributed by atoms with Gasteiger partial charge in [0.15, 0.2) is 0 Å². The molecule has 0 aromatic heterocycles. The van der Waals surface area contributed by atoms with Gasteiger partial charge in [0.1, 0.15) is 5.82 Å². The highest BCUT2D eigenvalue weighted by Crippen LogP contribution is 2.34. The molecule has 0 saturated carbocycles. The smallest absolute Gasteiger partial charge is 0.396 e. The number of piperazine rings is 1. The minimum Gasteiger partial charge on any atom is -0.396 e. The van der Waals surface area contributed by atoms with E-state index in [0.29, 0.717) is 25.1 Å². The molecule has 0 bridgehead atoms. The minimum atomic E-state index is -4.69. The molecule has 1 fully saturated rings. The van der Waals surface area contributed by atoms with Crippen molar-refractivity contribution in [2.75, 3.05) is 32.8 Å². The lowest BCUT2D eigenvalue weighted by Gasteiger charge is -2.35. The van der Waals surface area contributed by atoms with Gasteiger partial charge in [0, 0.05) is 38.8 Å². The highest BCUT2D eigenvalue weighted by Gasteiger charge is 2.34.